The monoisotopic (exact) mass is 463 g/mol. The molecule has 0 radical (unpaired) electrons. The Balaban J connectivity index is 1.34. The van der Waals surface area contributed by atoms with E-state index in [1.807, 2.05) is 9.80 Å². The summed E-state index contributed by atoms with van der Waals surface area (Å²) in [6.45, 7) is 0.503. The zero-order valence-electron chi connectivity index (χ0n) is 18.8. The summed E-state index contributed by atoms with van der Waals surface area (Å²) in [5, 5.41) is 0. The van der Waals surface area contributed by atoms with Gasteiger partial charge in [-0.1, -0.05) is 12.1 Å². The second-order valence-corrected chi connectivity index (χ2v) is 9.10. The number of alkyl halides is 2. The first-order valence-electron chi connectivity index (χ1n) is 11.8. The predicted octanol–water partition coefficient (Wildman–Crippen LogP) is 3.00. The van der Waals surface area contributed by atoms with Gasteiger partial charge in [-0.15, -0.1) is 0 Å². The van der Waals surface area contributed by atoms with Crippen LogP contribution in [0, 0.1) is 11.8 Å². The van der Waals surface area contributed by atoms with Crippen LogP contribution in [0.3, 0.4) is 0 Å². The summed E-state index contributed by atoms with van der Waals surface area (Å²) in [6.07, 6.45) is 4.84. The van der Waals surface area contributed by atoms with Gasteiger partial charge in [-0.2, -0.15) is 8.78 Å². The second kappa shape index (κ2) is 10.5. The molecular formula is C24H31F2N3O4. The van der Waals surface area contributed by atoms with E-state index in [2.05, 4.69) is 4.74 Å². The number of para-hydroxylation sites is 1. The standard InChI is InChI=1S/C24H31F2N3O4/c25-24(26)33-20-8-2-1-7-19(20)23(32)29-13-5-6-18(16-29)22(31)28-14-9-17(10-15-28)21(30)27-11-3-4-12-27/h1-2,7-8,17-18,24H,3-6,9-16H2. The first-order chi connectivity index (χ1) is 15.9. The SMILES string of the molecule is O=C(c1ccccc1OC(F)F)N1CCCC(C(=O)N2CCC(C(=O)N3CCCC3)CC2)C1. The maximum absolute atomic E-state index is 13.2. The van der Waals surface area contributed by atoms with Crippen LogP contribution in [0.25, 0.3) is 0 Å². The van der Waals surface area contributed by atoms with Crippen molar-refractivity contribution in [2.45, 2.75) is 45.1 Å². The molecule has 33 heavy (non-hydrogen) atoms. The molecule has 9 heteroatoms. The van der Waals surface area contributed by atoms with Crippen molar-refractivity contribution in [1.82, 2.24) is 14.7 Å². The van der Waals surface area contributed by atoms with E-state index in [4.69, 9.17) is 0 Å². The quantitative estimate of drug-likeness (QED) is 0.673. The maximum Gasteiger partial charge on any atom is 0.387 e. The molecule has 0 saturated carbocycles. The van der Waals surface area contributed by atoms with Gasteiger partial charge in [0, 0.05) is 45.2 Å². The van der Waals surface area contributed by atoms with Crippen molar-refractivity contribution in [3.05, 3.63) is 29.8 Å². The molecule has 3 amide bonds. The number of carbonyl (C=O) groups is 3. The minimum Gasteiger partial charge on any atom is -0.434 e. The molecule has 1 atom stereocenters. The van der Waals surface area contributed by atoms with Crippen LogP contribution in [-0.4, -0.2) is 78.3 Å². The third-order valence-electron chi connectivity index (χ3n) is 6.96. The van der Waals surface area contributed by atoms with Gasteiger partial charge >= 0.3 is 6.61 Å². The number of amides is 3. The molecule has 0 N–H and O–H groups in total. The van der Waals surface area contributed by atoms with Crippen LogP contribution in [0.5, 0.6) is 5.75 Å². The van der Waals surface area contributed by atoms with Gasteiger partial charge in [0.1, 0.15) is 5.75 Å². The predicted molar refractivity (Wildman–Crippen MR) is 117 cm³/mol. The van der Waals surface area contributed by atoms with E-state index in [1.165, 1.54) is 18.2 Å². The van der Waals surface area contributed by atoms with E-state index in [0.717, 1.165) is 25.9 Å². The lowest BCUT2D eigenvalue weighted by Gasteiger charge is -2.38. The first kappa shape index (κ1) is 23.4. The van der Waals surface area contributed by atoms with Crippen molar-refractivity contribution in [2.24, 2.45) is 11.8 Å². The highest BCUT2D eigenvalue weighted by molar-refractivity contribution is 5.97. The Bertz CT molecular complexity index is 867. The van der Waals surface area contributed by atoms with Gasteiger partial charge in [0.15, 0.2) is 0 Å². The van der Waals surface area contributed by atoms with Crippen LogP contribution >= 0.6 is 0 Å². The Labute approximate surface area is 192 Å². The summed E-state index contributed by atoms with van der Waals surface area (Å²) in [5.74, 6) is -0.663. The number of rotatable bonds is 5. The van der Waals surface area contributed by atoms with E-state index >= 15 is 0 Å². The molecule has 0 aliphatic carbocycles. The van der Waals surface area contributed by atoms with Gasteiger partial charge in [0.25, 0.3) is 5.91 Å². The van der Waals surface area contributed by atoms with Crippen molar-refractivity contribution < 1.29 is 27.9 Å². The second-order valence-electron chi connectivity index (χ2n) is 9.10. The van der Waals surface area contributed by atoms with Crippen LogP contribution in [0.4, 0.5) is 8.78 Å². The Hall–Kier alpha value is -2.71. The molecule has 1 unspecified atom stereocenters. The Kier molecular flexibility index (Phi) is 7.45. The fourth-order valence-corrected chi connectivity index (χ4v) is 5.18. The van der Waals surface area contributed by atoms with E-state index in [1.54, 1.807) is 11.0 Å². The molecule has 0 spiro atoms. The zero-order chi connectivity index (χ0) is 23.4. The molecule has 0 bridgehead atoms. The smallest absolute Gasteiger partial charge is 0.387 e. The van der Waals surface area contributed by atoms with Crippen LogP contribution in [0.1, 0.15) is 48.9 Å². The molecule has 3 heterocycles. The lowest BCUT2D eigenvalue weighted by Crippen LogP contribution is -2.49. The number of piperidine rings is 2. The van der Waals surface area contributed by atoms with Gasteiger partial charge in [-0.05, 0) is 50.7 Å². The van der Waals surface area contributed by atoms with Crippen LogP contribution in [0.15, 0.2) is 24.3 Å². The number of hydrogen-bond acceptors (Lipinski definition) is 4. The van der Waals surface area contributed by atoms with Crippen LogP contribution < -0.4 is 4.74 Å². The highest BCUT2D eigenvalue weighted by Gasteiger charge is 2.36. The van der Waals surface area contributed by atoms with Gasteiger partial charge < -0.3 is 19.4 Å². The molecule has 180 valence electrons. The summed E-state index contributed by atoms with van der Waals surface area (Å²) >= 11 is 0. The van der Waals surface area contributed by atoms with Crippen molar-refractivity contribution in [2.75, 3.05) is 39.3 Å². The van der Waals surface area contributed by atoms with E-state index in [9.17, 15) is 23.2 Å². The summed E-state index contributed by atoms with van der Waals surface area (Å²) < 4.78 is 30.0. The van der Waals surface area contributed by atoms with Crippen molar-refractivity contribution in [3.8, 4) is 5.75 Å². The van der Waals surface area contributed by atoms with Gasteiger partial charge in [0.05, 0.1) is 11.5 Å². The maximum atomic E-state index is 13.2. The van der Waals surface area contributed by atoms with Crippen molar-refractivity contribution in [1.29, 1.82) is 0 Å². The van der Waals surface area contributed by atoms with Crippen molar-refractivity contribution >= 4 is 17.7 Å². The molecule has 7 nitrogen and oxygen atoms in total. The number of carbonyl (C=O) groups excluding carboxylic acids is 3. The van der Waals surface area contributed by atoms with Gasteiger partial charge in [-0.3, -0.25) is 14.4 Å². The third kappa shape index (κ3) is 5.45. The van der Waals surface area contributed by atoms with Gasteiger partial charge in [-0.25, -0.2) is 0 Å². The number of halogens is 2. The minimum absolute atomic E-state index is 0.0108. The molecule has 4 rings (SSSR count). The Morgan fingerprint density at radius 3 is 2.09 bits per heavy atom. The topological polar surface area (TPSA) is 70.2 Å². The molecule has 3 fully saturated rings. The normalized spacial score (nSPS) is 22.0. The number of ether oxygens (including phenoxy) is 1. The number of nitrogens with zero attached hydrogens (tertiary/aromatic N) is 3. The largest absolute Gasteiger partial charge is 0.434 e. The molecule has 1 aromatic rings. The summed E-state index contributed by atoms with van der Waals surface area (Å²) in [7, 11) is 0. The molecule has 1 aromatic carbocycles. The van der Waals surface area contributed by atoms with Crippen LogP contribution in [-0.2, 0) is 9.59 Å². The fourth-order valence-electron chi connectivity index (χ4n) is 5.18. The molecule has 3 aliphatic rings. The molecular weight excluding hydrogens is 432 g/mol. The zero-order valence-corrected chi connectivity index (χ0v) is 18.8. The first-order valence-corrected chi connectivity index (χ1v) is 11.8. The lowest BCUT2D eigenvalue weighted by molar-refractivity contribution is -0.143. The summed E-state index contributed by atoms with van der Waals surface area (Å²) in [5.41, 5.74) is 0.0761. The Morgan fingerprint density at radius 1 is 0.788 bits per heavy atom. The van der Waals surface area contributed by atoms with E-state index in [-0.39, 0.29) is 41.5 Å². The molecule has 3 aliphatic heterocycles. The van der Waals surface area contributed by atoms with Crippen LogP contribution in [0.2, 0.25) is 0 Å². The average molecular weight is 464 g/mol. The number of hydrogen-bond donors (Lipinski definition) is 0. The number of likely N-dealkylation sites (tertiary alicyclic amines) is 3. The third-order valence-corrected chi connectivity index (χ3v) is 6.96. The van der Waals surface area contributed by atoms with E-state index < -0.39 is 12.5 Å². The highest BCUT2D eigenvalue weighted by Crippen LogP contribution is 2.28. The summed E-state index contributed by atoms with van der Waals surface area (Å²) in [6, 6.07) is 5.95. The number of benzene rings is 1. The molecule has 0 aromatic heterocycles. The minimum atomic E-state index is -3.02. The molecule has 3 saturated heterocycles. The van der Waals surface area contributed by atoms with E-state index in [0.29, 0.717) is 45.3 Å². The van der Waals surface area contributed by atoms with Gasteiger partial charge in [0.2, 0.25) is 11.8 Å². The fraction of sp³-hybridized carbons (Fsp3) is 0.625. The summed E-state index contributed by atoms with van der Waals surface area (Å²) in [4.78, 5) is 44.2. The average Bonchev–Trinajstić information content (AvgIpc) is 3.38. The lowest BCUT2D eigenvalue weighted by atomic mass is 9.92. The Morgan fingerprint density at radius 2 is 1.39 bits per heavy atom. The van der Waals surface area contributed by atoms with Crippen molar-refractivity contribution in [3.63, 3.8) is 0 Å². The highest BCUT2D eigenvalue weighted by atomic mass is 19.3.